The number of H-pyrrole nitrogens is 1. The van der Waals surface area contributed by atoms with E-state index in [-0.39, 0.29) is 5.56 Å². The van der Waals surface area contributed by atoms with E-state index in [2.05, 4.69) is 4.98 Å². The van der Waals surface area contributed by atoms with E-state index in [1.54, 1.807) is 32.5 Å². The van der Waals surface area contributed by atoms with E-state index >= 15 is 0 Å². The first kappa shape index (κ1) is 11.3. The Bertz CT molecular complexity index is 532. The molecule has 0 saturated heterocycles. The number of pyridine rings is 1. The molecule has 0 fully saturated rings. The minimum atomic E-state index is -0.122. The molecule has 0 radical (unpaired) electrons. The minimum Gasteiger partial charge on any atom is -0.497 e. The molecule has 0 unspecified atom stereocenters. The van der Waals surface area contributed by atoms with Crippen LogP contribution in [-0.4, -0.2) is 19.2 Å². The molecule has 0 aliphatic carbocycles. The summed E-state index contributed by atoms with van der Waals surface area (Å²) in [6.45, 7) is 0. The van der Waals surface area contributed by atoms with Crippen LogP contribution >= 0.6 is 0 Å². The molecule has 0 atom stereocenters. The molecule has 2 aromatic rings. The van der Waals surface area contributed by atoms with Crippen LogP contribution in [0.4, 0.5) is 0 Å². The van der Waals surface area contributed by atoms with Crippen LogP contribution in [0.2, 0.25) is 0 Å². The zero-order valence-corrected chi connectivity index (χ0v) is 9.69. The van der Waals surface area contributed by atoms with E-state index in [4.69, 9.17) is 9.47 Å². The molecule has 2 rings (SSSR count). The van der Waals surface area contributed by atoms with Crippen molar-refractivity contribution >= 4 is 0 Å². The third kappa shape index (κ3) is 2.47. The molecule has 4 heteroatoms. The molecule has 0 spiro atoms. The predicted molar refractivity (Wildman–Crippen MR) is 65.6 cm³/mol. The summed E-state index contributed by atoms with van der Waals surface area (Å²) in [4.78, 5) is 13.6. The Labute approximate surface area is 98.8 Å². The molecular weight excluding hydrogens is 218 g/mol. The highest BCUT2D eigenvalue weighted by Crippen LogP contribution is 2.28. The Kier molecular flexibility index (Phi) is 3.14. The van der Waals surface area contributed by atoms with Gasteiger partial charge in [0.25, 0.3) is 0 Å². The smallest absolute Gasteiger partial charge is 0.247 e. The van der Waals surface area contributed by atoms with Crippen molar-refractivity contribution in [2.24, 2.45) is 0 Å². The first-order valence-electron chi connectivity index (χ1n) is 5.15. The summed E-state index contributed by atoms with van der Waals surface area (Å²) in [6.07, 6.45) is 1.66. The summed E-state index contributed by atoms with van der Waals surface area (Å²) >= 11 is 0. The zero-order chi connectivity index (χ0) is 12.3. The quantitative estimate of drug-likeness (QED) is 0.879. The largest absolute Gasteiger partial charge is 0.497 e. The van der Waals surface area contributed by atoms with Gasteiger partial charge in [-0.15, -0.1) is 0 Å². The minimum absolute atomic E-state index is 0.122. The monoisotopic (exact) mass is 231 g/mol. The highest BCUT2D eigenvalue weighted by atomic mass is 16.5. The Morgan fingerprint density at radius 2 is 1.59 bits per heavy atom. The molecule has 4 nitrogen and oxygen atoms in total. The van der Waals surface area contributed by atoms with E-state index in [0.29, 0.717) is 11.5 Å². The average Bonchev–Trinajstić information content (AvgIpc) is 2.39. The lowest BCUT2D eigenvalue weighted by atomic mass is 10.1. The molecule has 0 aliphatic rings. The molecule has 0 bridgehead atoms. The van der Waals surface area contributed by atoms with Gasteiger partial charge < -0.3 is 14.5 Å². The normalized spacial score (nSPS) is 10.0. The van der Waals surface area contributed by atoms with Crippen molar-refractivity contribution in [1.82, 2.24) is 4.98 Å². The Balaban J connectivity index is 2.50. The van der Waals surface area contributed by atoms with Gasteiger partial charge in [0.15, 0.2) is 0 Å². The fourth-order valence-corrected chi connectivity index (χ4v) is 1.56. The van der Waals surface area contributed by atoms with Crippen LogP contribution in [0.5, 0.6) is 11.5 Å². The Morgan fingerprint density at radius 3 is 2.06 bits per heavy atom. The lowest BCUT2D eigenvalue weighted by Gasteiger charge is -2.08. The van der Waals surface area contributed by atoms with Gasteiger partial charge in [0.05, 0.1) is 14.2 Å². The van der Waals surface area contributed by atoms with Gasteiger partial charge in [-0.3, -0.25) is 4.79 Å². The van der Waals surface area contributed by atoms with E-state index in [1.165, 1.54) is 6.07 Å². The first-order valence-corrected chi connectivity index (χ1v) is 5.15. The summed E-state index contributed by atoms with van der Waals surface area (Å²) < 4.78 is 10.4. The van der Waals surface area contributed by atoms with Crippen LogP contribution in [0.3, 0.4) is 0 Å². The molecular formula is C13H13NO3. The lowest BCUT2D eigenvalue weighted by molar-refractivity contribution is 0.394. The van der Waals surface area contributed by atoms with Crippen molar-refractivity contribution in [2.45, 2.75) is 0 Å². The SMILES string of the molecule is COc1cc(OC)cc(-c2ccc(=O)[nH]c2)c1. The zero-order valence-electron chi connectivity index (χ0n) is 9.69. The fourth-order valence-electron chi connectivity index (χ4n) is 1.56. The number of rotatable bonds is 3. The highest BCUT2D eigenvalue weighted by Gasteiger charge is 2.04. The summed E-state index contributed by atoms with van der Waals surface area (Å²) in [5.74, 6) is 1.43. The van der Waals surface area contributed by atoms with Gasteiger partial charge in [-0.05, 0) is 29.3 Å². The van der Waals surface area contributed by atoms with Gasteiger partial charge in [-0.25, -0.2) is 0 Å². The predicted octanol–water partition coefficient (Wildman–Crippen LogP) is 2.06. The number of aromatic nitrogens is 1. The van der Waals surface area contributed by atoms with Gasteiger partial charge in [0.1, 0.15) is 11.5 Å². The van der Waals surface area contributed by atoms with Crippen molar-refractivity contribution in [3.63, 3.8) is 0 Å². The second-order valence-corrected chi connectivity index (χ2v) is 3.54. The fraction of sp³-hybridized carbons (Fsp3) is 0.154. The summed E-state index contributed by atoms with van der Waals surface area (Å²) in [7, 11) is 3.21. The second-order valence-electron chi connectivity index (χ2n) is 3.54. The van der Waals surface area contributed by atoms with Crippen molar-refractivity contribution in [2.75, 3.05) is 14.2 Å². The molecule has 0 saturated carbocycles. The molecule has 1 aromatic carbocycles. The third-order valence-electron chi connectivity index (χ3n) is 2.47. The van der Waals surface area contributed by atoms with Crippen molar-refractivity contribution in [3.05, 3.63) is 46.9 Å². The Hall–Kier alpha value is -2.23. The Morgan fingerprint density at radius 1 is 0.941 bits per heavy atom. The maximum atomic E-state index is 11.0. The molecule has 0 amide bonds. The van der Waals surface area contributed by atoms with Gasteiger partial charge in [-0.1, -0.05) is 0 Å². The summed E-state index contributed by atoms with van der Waals surface area (Å²) in [5, 5.41) is 0. The third-order valence-corrected chi connectivity index (χ3v) is 2.47. The van der Waals surface area contributed by atoms with Crippen molar-refractivity contribution in [1.29, 1.82) is 0 Å². The van der Waals surface area contributed by atoms with Crippen molar-refractivity contribution in [3.8, 4) is 22.6 Å². The topological polar surface area (TPSA) is 51.3 Å². The number of hydrogen-bond donors (Lipinski definition) is 1. The van der Waals surface area contributed by atoms with Crippen LogP contribution < -0.4 is 15.0 Å². The van der Waals surface area contributed by atoms with E-state index in [9.17, 15) is 4.79 Å². The molecule has 17 heavy (non-hydrogen) atoms. The van der Waals surface area contributed by atoms with Gasteiger partial charge >= 0.3 is 0 Å². The average molecular weight is 231 g/mol. The van der Waals surface area contributed by atoms with Crippen LogP contribution in [0.1, 0.15) is 0 Å². The van der Waals surface area contributed by atoms with E-state index in [0.717, 1.165) is 11.1 Å². The number of hydrogen-bond acceptors (Lipinski definition) is 3. The second kappa shape index (κ2) is 4.74. The number of benzene rings is 1. The van der Waals surface area contributed by atoms with Gasteiger partial charge in [0.2, 0.25) is 5.56 Å². The van der Waals surface area contributed by atoms with Crippen LogP contribution in [0.25, 0.3) is 11.1 Å². The van der Waals surface area contributed by atoms with Gasteiger partial charge in [-0.2, -0.15) is 0 Å². The van der Waals surface area contributed by atoms with Crippen LogP contribution in [-0.2, 0) is 0 Å². The van der Waals surface area contributed by atoms with E-state index in [1.807, 2.05) is 12.1 Å². The van der Waals surface area contributed by atoms with Crippen molar-refractivity contribution < 1.29 is 9.47 Å². The highest BCUT2D eigenvalue weighted by molar-refractivity contribution is 5.66. The standard InChI is InChI=1S/C13H13NO3/c1-16-11-5-10(6-12(7-11)17-2)9-3-4-13(15)14-8-9/h3-8H,1-2H3,(H,14,15). The molecule has 0 aliphatic heterocycles. The maximum absolute atomic E-state index is 11.0. The molecule has 1 N–H and O–H groups in total. The van der Waals surface area contributed by atoms with Crippen LogP contribution in [0.15, 0.2) is 41.3 Å². The number of aromatic amines is 1. The number of methoxy groups -OCH3 is 2. The van der Waals surface area contributed by atoms with E-state index < -0.39 is 0 Å². The van der Waals surface area contributed by atoms with Gasteiger partial charge in [0, 0.05) is 18.3 Å². The number of ether oxygens (including phenoxy) is 2. The summed E-state index contributed by atoms with van der Waals surface area (Å²) in [5.41, 5.74) is 1.71. The lowest BCUT2D eigenvalue weighted by Crippen LogP contribution is -2.01. The maximum Gasteiger partial charge on any atom is 0.247 e. The molecule has 88 valence electrons. The molecule has 1 heterocycles. The summed E-state index contributed by atoms with van der Waals surface area (Å²) in [6, 6.07) is 8.82. The number of nitrogens with one attached hydrogen (secondary N) is 1. The first-order chi connectivity index (χ1) is 8.22. The van der Waals surface area contributed by atoms with Crippen LogP contribution in [0, 0.1) is 0 Å². The molecule has 1 aromatic heterocycles.